The Hall–Kier alpha value is -2.28. The molecule has 0 spiro atoms. The molecule has 1 N–H and O–H groups in total. The molecule has 30 heavy (non-hydrogen) atoms. The molecule has 1 saturated heterocycles. The number of anilines is 2. The number of carbonyl (C=O) groups is 1. The standard InChI is InChI=1S/C23H31N5OS/c1-17-6-5-9-20(18(17)2)27-12-14-28(15-13-27)22-23(25-11-10-24-22)30-16-21(29)26-19-7-3-4-8-19/h5-6,9-11,19H,3-4,7-8,12-16H2,1-2H3,(H,26,29). The van der Waals surface area contributed by atoms with Crippen molar-refractivity contribution in [2.45, 2.75) is 50.6 Å². The number of thioether (sulfide) groups is 1. The summed E-state index contributed by atoms with van der Waals surface area (Å²) in [5.41, 5.74) is 4.01. The van der Waals surface area contributed by atoms with Crippen LogP contribution in [0.15, 0.2) is 35.6 Å². The third-order valence-corrected chi connectivity index (χ3v) is 7.17. The third kappa shape index (κ3) is 4.89. The molecule has 1 aromatic carbocycles. The van der Waals surface area contributed by atoms with Gasteiger partial charge in [0.1, 0.15) is 5.03 Å². The van der Waals surface area contributed by atoms with Gasteiger partial charge in [-0.2, -0.15) is 0 Å². The molecule has 2 aliphatic rings. The summed E-state index contributed by atoms with van der Waals surface area (Å²) in [5.74, 6) is 1.39. The molecule has 2 aromatic rings. The summed E-state index contributed by atoms with van der Waals surface area (Å²) in [4.78, 5) is 26.2. The molecule has 1 amide bonds. The number of rotatable bonds is 6. The Labute approximate surface area is 183 Å². The van der Waals surface area contributed by atoms with Gasteiger partial charge in [0.15, 0.2) is 5.82 Å². The number of amides is 1. The van der Waals surface area contributed by atoms with Gasteiger partial charge in [-0.1, -0.05) is 36.7 Å². The van der Waals surface area contributed by atoms with Crippen molar-refractivity contribution in [3.8, 4) is 0 Å². The predicted molar refractivity (Wildman–Crippen MR) is 123 cm³/mol. The van der Waals surface area contributed by atoms with Crippen LogP contribution in [-0.4, -0.2) is 53.8 Å². The van der Waals surface area contributed by atoms with Crippen molar-refractivity contribution in [1.29, 1.82) is 0 Å². The van der Waals surface area contributed by atoms with Gasteiger partial charge in [0, 0.05) is 50.3 Å². The fraction of sp³-hybridized carbons (Fsp3) is 0.522. The van der Waals surface area contributed by atoms with E-state index in [4.69, 9.17) is 0 Å². The van der Waals surface area contributed by atoms with E-state index in [1.807, 2.05) is 0 Å². The van der Waals surface area contributed by atoms with Crippen molar-refractivity contribution >= 4 is 29.2 Å². The molecule has 7 heteroatoms. The lowest BCUT2D eigenvalue weighted by Crippen LogP contribution is -2.47. The molecule has 1 aromatic heterocycles. The topological polar surface area (TPSA) is 61.4 Å². The molecule has 0 radical (unpaired) electrons. The summed E-state index contributed by atoms with van der Waals surface area (Å²) >= 11 is 1.49. The zero-order valence-corrected chi connectivity index (χ0v) is 18.7. The first-order valence-corrected chi connectivity index (χ1v) is 11.9. The van der Waals surface area contributed by atoms with Gasteiger partial charge < -0.3 is 15.1 Å². The van der Waals surface area contributed by atoms with Crippen LogP contribution in [-0.2, 0) is 4.79 Å². The summed E-state index contributed by atoms with van der Waals surface area (Å²) in [6.45, 7) is 8.06. The fourth-order valence-corrected chi connectivity index (χ4v) is 5.14. The summed E-state index contributed by atoms with van der Waals surface area (Å²) < 4.78 is 0. The average Bonchev–Trinajstić information content (AvgIpc) is 3.28. The van der Waals surface area contributed by atoms with E-state index in [2.05, 4.69) is 57.1 Å². The monoisotopic (exact) mass is 425 g/mol. The smallest absolute Gasteiger partial charge is 0.230 e. The summed E-state index contributed by atoms with van der Waals surface area (Å²) in [6, 6.07) is 6.88. The Balaban J connectivity index is 1.36. The van der Waals surface area contributed by atoms with Gasteiger partial charge in [0.05, 0.1) is 5.75 Å². The van der Waals surface area contributed by atoms with E-state index in [1.165, 1.54) is 41.4 Å². The highest BCUT2D eigenvalue weighted by Gasteiger charge is 2.23. The van der Waals surface area contributed by atoms with Gasteiger partial charge >= 0.3 is 0 Å². The van der Waals surface area contributed by atoms with Crippen LogP contribution < -0.4 is 15.1 Å². The Morgan fingerprint density at radius 2 is 1.77 bits per heavy atom. The van der Waals surface area contributed by atoms with Crippen LogP contribution >= 0.6 is 11.8 Å². The van der Waals surface area contributed by atoms with Crippen LogP contribution in [0.3, 0.4) is 0 Å². The number of carbonyl (C=O) groups excluding carboxylic acids is 1. The molecule has 160 valence electrons. The lowest BCUT2D eigenvalue weighted by molar-refractivity contribution is -0.119. The second-order valence-electron chi connectivity index (χ2n) is 8.22. The Morgan fingerprint density at radius 1 is 1.07 bits per heavy atom. The minimum Gasteiger partial charge on any atom is -0.368 e. The van der Waals surface area contributed by atoms with E-state index >= 15 is 0 Å². The van der Waals surface area contributed by atoms with E-state index in [1.54, 1.807) is 12.4 Å². The zero-order chi connectivity index (χ0) is 20.9. The number of hydrogen-bond donors (Lipinski definition) is 1. The van der Waals surface area contributed by atoms with E-state index in [9.17, 15) is 4.79 Å². The minimum absolute atomic E-state index is 0.100. The third-order valence-electron chi connectivity index (χ3n) is 6.20. The van der Waals surface area contributed by atoms with E-state index in [0.29, 0.717) is 11.8 Å². The molecule has 4 rings (SSSR count). The maximum absolute atomic E-state index is 12.3. The van der Waals surface area contributed by atoms with Crippen molar-refractivity contribution in [1.82, 2.24) is 15.3 Å². The minimum atomic E-state index is 0.100. The number of benzene rings is 1. The fourth-order valence-electron chi connectivity index (χ4n) is 4.35. The maximum Gasteiger partial charge on any atom is 0.230 e. The number of piperazine rings is 1. The van der Waals surface area contributed by atoms with Crippen molar-refractivity contribution in [2.24, 2.45) is 0 Å². The first kappa shape index (κ1) is 21.0. The van der Waals surface area contributed by atoms with Crippen LogP contribution in [0, 0.1) is 13.8 Å². The summed E-state index contributed by atoms with van der Waals surface area (Å²) in [5, 5.41) is 4.00. The average molecular weight is 426 g/mol. The largest absolute Gasteiger partial charge is 0.368 e. The lowest BCUT2D eigenvalue weighted by atomic mass is 10.1. The molecule has 0 unspecified atom stereocenters. The summed E-state index contributed by atoms with van der Waals surface area (Å²) in [7, 11) is 0. The van der Waals surface area contributed by atoms with Gasteiger partial charge in [0.2, 0.25) is 5.91 Å². The van der Waals surface area contributed by atoms with Crippen molar-refractivity contribution in [2.75, 3.05) is 41.7 Å². The molecule has 0 atom stereocenters. The second kappa shape index (κ2) is 9.69. The number of nitrogens with one attached hydrogen (secondary N) is 1. The van der Waals surface area contributed by atoms with Gasteiger partial charge in [-0.05, 0) is 43.9 Å². The molecular formula is C23H31N5OS. The Morgan fingerprint density at radius 3 is 2.53 bits per heavy atom. The van der Waals surface area contributed by atoms with Crippen molar-refractivity contribution in [3.63, 3.8) is 0 Å². The Bertz CT molecular complexity index is 876. The molecular weight excluding hydrogens is 394 g/mol. The first-order valence-electron chi connectivity index (χ1n) is 10.9. The molecule has 2 heterocycles. The van der Waals surface area contributed by atoms with Crippen molar-refractivity contribution < 1.29 is 4.79 Å². The zero-order valence-electron chi connectivity index (χ0n) is 17.9. The number of aryl methyl sites for hydroxylation is 1. The van der Waals surface area contributed by atoms with Gasteiger partial charge in [0.25, 0.3) is 0 Å². The quantitative estimate of drug-likeness (QED) is 0.714. The lowest BCUT2D eigenvalue weighted by Gasteiger charge is -2.37. The van der Waals surface area contributed by atoms with E-state index in [0.717, 1.165) is 49.9 Å². The molecule has 1 saturated carbocycles. The molecule has 0 bridgehead atoms. The normalized spacial score (nSPS) is 17.4. The highest BCUT2D eigenvalue weighted by molar-refractivity contribution is 8.00. The maximum atomic E-state index is 12.3. The van der Waals surface area contributed by atoms with Gasteiger partial charge in [-0.3, -0.25) is 4.79 Å². The van der Waals surface area contributed by atoms with Crippen molar-refractivity contribution in [3.05, 3.63) is 41.7 Å². The highest BCUT2D eigenvalue weighted by Crippen LogP contribution is 2.29. The van der Waals surface area contributed by atoms with Crippen LogP contribution in [0.1, 0.15) is 36.8 Å². The molecule has 6 nitrogen and oxygen atoms in total. The number of nitrogens with zero attached hydrogens (tertiary/aromatic N) is 4. The van der Waals surface area contributed by atoms with E-state index < -0.39 is 0 Å². The van der Waals surface area contributed by atoms with Crippen LogP contribution in [0.4, 0.5) is 11.5 Å². The van der Waals surface area contributed by atoms with Crippen LogP contribution in [0.5, 0.6) is 0 Å². The summed E-state index contributed by atoms with van der Waals surface area (Å²) in [6.07, 6.45) is 8.12. The van der Waals surface area contributed by atoms with Gasteiger partial charge in [-0.15, -0.1) is 0 Å². The van der Waals surface area contributed by atoms with Crippen LogP contribution in [0.2, 0.25) is 0 Å². The molecule has 1 aliphatic carbocycles. The second-order valence-corrected chi connectivity index (χ2v) is 9.18. The van der Waals surface area contributed by atoms with E-state index in [-0.39, 0.29) is 5.91 Å². The first-order chi connectivity index (χ1) is 14.6. The van der Waals surface area contributed by atoms with Gasteiger partial charge in [-0.25, -0.2) is 9.97 Å². The Kier molecular flexibility index (Phi) is 6.77. The number of aromatic nitrogens is 2. The SMILES string of the molecule is Cc1cccc(N2CCN(c3nccnc3SCC(=O)NC3CCCC3)CC2)c1C. The van der Waals surface area contributed by atoms with Crippen LogP contribution in [0.25, 0.3) is 0 Å². The number of hydrogen-bond acceptors (Lipinski definition) is 6. The predicted octanol–water partition coefficient (Wildman–Crippen LogP) is 3.57. The molecule has 2 fully saturated rings. The molecule has 1 aliphatic heterocycles. The highest BCUT2D eigenvalue weighted by atomic mass is 32.2.